The molecular weight excluding hydrogens is 350 g/mol. The Morgan fingerprint density at radius 3 is 2.54 bits per heavy atom. The molecule has 0 unspecified atom stereocenters. The Balaban J connectivity index is 1.37. The van der Waals surface area contributed by atoms with Crippen molar-refractivity contribution in [1.29, 1.82) is 0 Å². The van der Waals surface area contributed by atoms with Crippen LogP contribution in [0.15, 0.2) is 96.4 Å². The normalized spacial score (nSPS) is 10.9. The van der Waals surface area contributed by atoms with E-state index in [-0.39, 0.29) is 0 Å². The fourth-order valence-corrected chi connectivity index (χ4v) is 2.71. The number of carbonyl (C=O) groups excluding carboxylic acids is 1. The lowest BCUT2D eigenvalue weighted by atomic mass is 10.1. The Kier molecular flexibility index (Phi) is 5.06. The van der Waals surface area contributed by atoms with Gasteiger partial charge in [-0.05, 0) is 64.9 Å². The number of anilines is 1. The number of nitrogens with zero attached hydrogens (tertiary/aromatic N) is 2. The minimum atomic E-state index is -0.438. The second kappa shape index (κ2) is 8.14. The summed E-state index contributed by atoms with van der Waals surface area (Å²) >= 11 is 0. The molecule has 0 saturated carbocycles. The third-order valence-electron chi connectivity index (χ3n) is 4.14. The van der Waals surface area contributed by atoms with Gasteiger partial charge in [0, 0.05) is 12.4 Å². The molecule has 0 aliphatic heterocycles. The van der Waals surface area contributed by atoms with Crippen molar-refractivity contribution in [2.24, 2.45) is 5.10 Å². The smallest absolute Gasteiger partial charge is 0.345 e. The maximum absolute atomic E-state index is 12.0. The molecule has 0 atom stereocenters. The Morgan fingerprint density at radius 1 is 0.929 bits per heavy atom. The van der Waals surface area contributed by atoms with Crippen molar-refractivity contribution in [1.82, 2.24) is 4.98 Å². The second-order valence-electron chi connectivity index (χ2n) is 6.13. The van der Waals surface area contributed by atoms with E-state index in [1.54, 1.807) is 36.7 Å². The molecule has 4 rings (SSSR count). The molecule has 0 saturated heterocycles. The van der Waals surface area contributed by atoms with Crippen molar-refractivity contribution in [2.75, 3.05) is 5.43 Å². The molecule has 1 heterocycles. The van der Waals surface area contributed by atoms with Gasteiger partial charge in [0.2, 0.25) is 0 Å². The van der Waals surface area contributed by atoms with Gasteiger partial charge in [0.05, 0.1) is 17.5 Å². The number of hydrogen-bond donors (Lipinski definition) is 1. The molecule has 5 heteroatoms. The predicted molar refractivity (Wildman–Crippen MR) is 111 cm³/mol. The highest BCUT2D eigenvalue weighted by Gasteiger charge is 2.07. The van der Waals surface area contributed by atoms with Crippen LogP contribution in [0.5, 0.6) is 5.75 Å². The van der Waals surface area contributed by atoms with Gasteiger partial charge in [-0.3, -0.25) is 10.4 Å². The van der Waals surface area contributed by atoms with Crippen molar-refractivity contribution in [3.8, 4) is 5.75 Å². The first-order chi connectivity index (χ1) is 13.8. The lowest BCUT2D eigenvalue weighted by molar-refractivity contribution is 0.0734. The van der Waals surface area contributed by atoms with Crippen molar-refractivity contribution >= 4 is 28.6 Å². The van der Waals surface area contributed by atoms with E-state index in [1.807, 2.05) is 36.4 Å². The minimum Gasteiger partial charge on any atom is -0.423 e. The molecule has 3 aromatic carbocycles. The van der Waals surface area contributed by atoms with Crippen LogP contribution in [0, 0.1) is 0 Å². The molecule has 1 aromatic heterocycles. The number of nitrogens with one attached hydrogen (secondary N) is 1. The Labute approximate surface area is 162 Å². The number of hydrazone groups is 1. The number of pyridine rings is 1. The number of fused-ring (bicyclic) bond motifs is 1. The van der Waals surface area contributed by atoms with E-state index in [0.717, 1.165) is 16.6 Å². The lowest BCUT2D eigenvalue weighted by Crippen LogP contribution is -2.08. The molecular formula is C23H17N3O2. The Hall–Kier alpha value is -3.99. The van der Waals surface area contributed by atoms with Gasteiger partial charge >= 0.3 is 5.97 Å². The van der Waals surface area contributed by atoms with E-state index in [2.05, 4.69) is 33.7 Å². The van der Waals surface area contributed by atoms with Crippen molar-refractivity contribution in [2.45, 2.75) is 0 Å². The van der Waals surface area contributed by atoms with E-state index in [1.165, 1.54) is 11.6 Å². The van der Waals surface area contributed by atoms with E-state index in [9.17, 15) is 4.79 Å². The summed E-state index contributed by atoms with van der Waals surface area (Å²) in [6.07, 6.45) is 4.79. The average molecular weight is 367 g/mol. The largest absolute Gasteiger partial charge is 0.423 e. The lowest BCUT2D eigenvalue weighted by Gasteiger charge is -2.04. The van der Waals surface area contributed by atoms with Gasteiger partial charge in [0.1, 0.15) is 5.75 Å². The first kappa shape index (κ1) is 17.4. The fraction of sp³-hybridized carbons (Fsp3) is 0. The highest BCUT2D eigenvalue weighted by Crippen LogP contribution is 2.19. The number of aromatic nitrogens is 1. The number of benzene rings is 3. The fourth-order valence-electron chi connectivity index (χ4n) is 2.71. The number of rotatable bonds is 5. The molecule has 5 nitrogen and oxygen atoms in total. The summed E-state index contributed by atoms with van der Waals surface area (Å²) in [6, 6.07) is 24.7. The molecule has 136 valence electrons. The van der Waals surface area contributed by atoms with Gasteiger partial charge in [0.25, 0.3) is 0 Å². The van der Waals surface area contributed by atoms with Crippen molar-refractivity contribution in [3.05, 3.63) is 102 Å². The zero-order chi connectivity index (χ0) is 19.2. The van der Waals surface area contributed by atoms with E-state index in [4.69, 9.17) is 4.74 Å². The van der Waals surface area contributed by atoms with E-state index < -0.39 is 5.97 Å². The Bertz CT molecular complexity index is 1120. The third kappa shape index (κ3) is 4.22. The summed E-state index contributed by atoms with van der Waals surface area (Å²) < 4.78 is 5.33. The minimum absolute atomic E-state index is 0.410. The maximum atomic E-state index is 12.0. The van der Waals surface area contributed by atoms with Crippen LogP contribution >= 0.6 is 0 Å². The van der Waals surface area contributed by atoms with Gasteiger partial charge in [-0.25, -0.2) is 4.79 Å². The predicted octanol–water partition coefficient (Wildman–Crippen LogP) is 4.90. The zero-order valence-corrected chi connectivity index (χ0v) is 14.9. The number of carbonyl (C=O) groups is 1. The molecule has 28 heavy (non-hydrogen) atoms. The molecule has 0 fully saturated rings. The molecule has 1 N–H and O–H groups in total. The van der Waals surface area contributed by atoms with Gasteiger partial charge < -0.3 is 4.74 Å². The van der Waals surface area contributed by atoms with Crippen molar-refractivity contribution in [3.63, 3.8) is 0 Å². The van der Waals surface area contributed by atoms with Crippen molar-refractivity contribution < 1.29 is 9.53 Å². The first-order valence-corrected chi connectivity index (χ1v) is 8.78. The van der Waals surface area contributed by atoms with E-state index in [0.29, 0.717) is 11.3 Å². The van der Waals surface area contributed by atoms with Crippen LogP contribution in [0.25, 0.3) is 10.8 Å². The van der Waals surface area contributed by atoms with Crippen LogP contribution < -0.4 is 10.2 Å². The third-order valence-corrected chi connectivity index (χ3v) is 4.14. The quantitative estimate of drug-likeness (QED) is 0.236. The second-order valence-corrected chi connectivity index (χ2v) is 6.13. The summed E-state index contributed by atoms with van der Waals surface area (Å²) in [7, 11) is 0. The number of esters is 1. The van der Waals surface area contributed by atoms with Crippen LogP contribution in [-0.4, -0.2) is 17.2 Å². The van der Waals surface area contributed by atoms with Gasteiger partial charge in [-0.15, -0.1) is 0 Å². The topological polar surface area (TPSA) is 63.6 Å². The summed E-state index contributed by atoms with van der Waals surface area (Å²) in [5.41, 5.74) is 5.24. The van der Waals surface area contributed by atoms with Crippen LogP contribution in [-0.2, 0) is 0 Å². The monoisotopic (exact) mass is 367 g/mol. The summed E-state index contributed by atoms with van der Waals surface area (Å²) in [5.74, 6) is 0.0287. The molecule has 0 aliphatic carbocycles. The van der Waals surface area contributed by atoms with Gasteiger partial charge in [-0.1, -0.05) is 30.3 Å². The molecule has 0 radical (unpaired) electrons. The van der Waals surface area contributed by atoms with Crippen LogP contribution in [0.1, 0.15) is 15.9 Å². The Morgan fingerprint density at radius 2 is 1.75 bits per heavy atom. The molecule has 0 spiro atoms. The summed E-state index contributed by atoms with van der Waals surface area (Å²) in [4.78, 5) is 15.9. The zero-order valence-electron chi connectivity index (χ0n) is 14.9. The standard InChI is InChI=1S/C23H17N3O2/c27-23(20-6-3-13-24-16-20)28-22-11-7-17(8-12-22)15-25-26-21-10-9-18-4-1-2-5-19(18)14-21/h1-16,26H/b25-15-. The molecule has 0 aliphatic rings. The average Bonchev–Trinajstić information content (AvgIpc) is 2.75. The molecule has 0 amide bonds. The highest BCUT2D eigenvalue weighted by molar-refractivity contribution is 5.91. The SMILES string of the molecule is O=C(Oc1ccc(/C=N\Nc2ccc3ccccc3c2)cc1)c1cccnc1. The molecule has 4 aromatic rings. The van der Waals surface area contributed by atoms with E-state index >= 15 is 0 Å². The van der Waals surface area contributed by atoms with Gasteiger partial charge in [-0.2, -0.15) is 5.10 Å². The number of hydrogen-bond acceptors (Lipinski definition) is 5. The summed E-state index contributed by atoms with van der Waals surface area (Å²) in [5, 5.41) is 6.61. The maximum Gasteiger partial charge on any atom is 0.345 e. The van der Waals surface area contributed by atoms with Crippen LogP contribution in [0.3, 0.4) is 0 Å². The number of ether oxygens (including phenoxy) is 1. The molecule has 0 bridgehead atoms. The summed E-state index contributed by atoms with van der Waals surface area (Å²) in [6.45, 7) is 0. The van der Waals surface area contributed by atoms with Crippen LogP contribution in [0.2, 0.25) is 0 Å². The highest BCUT2D eigenvalue weighted by atomic mass is 16.5. The van der Waals surface area contributed by atoms with Gasteiger partial charge in [0.15, 0.2) is 0 Å². The van der Waals surface area contributed by atoms with Crippen LogP contribution in [0.4, 0.5) is 5.69 Å². The first-order valence-electron chi connectivity index (χ1n) is 8.78.